The summed E-state index contributed by atoms with van der Waals surface area (Å²) < 4.78 is 5.77. The first-order valence-electron chi connectivity index (χ1n) is 7.33. The van der Waals surface area contributed by atoms with Crippen LogP contribution in [0.15, 0.2) is 6.07 Å². The molecule has 0 aromatic carbocycles. The zero-order chi connectivity index (χ0) is 15.4. The molecule has 1 saturated carbocycles. The van der Waals surface area contributed by atoms with Crippen LogP contribution in [0.2, 0.25) is 0 Å². The lowest BCUT2D eigenvalue weighted by Gasteiger charge is -2.54. The number of rotatable bonds is 3. The van der Waals surface area contributed by atoms with E-state index < -0.39 is 0 Å². The van der Waals surface area contributed by atoms with E-state index in [1.807, 2.05) is 6.92 Å². The van der Waals surface area contributed by atoms with Crippen molar-refractivity contribution in [2.45, 2.75) is 46.3 Å². The van der Waals surface area contributed by atoms with Crippen LogP contribution in [-0.2, 0) is 4.74 Å². The summed E-state index contributed by atoms with van der Waals surface area (Å²) in [5, 5.41) is 14.7. The van der Waals surface area contributed by atoms with Crippen LogP contribution in [0.1, 0.15) is 31.5 Å². The third kappa shape index (κ3) is 2.09. The van der Waals surface area contributed by atoms with E-state index in [1.165, 1.54) is 0 Å². The highest BCUT2D eigenvalue weighted by atomic mass is 16.6. The molecule has 1 aromatic heterocycles. The van der Waals surface area contributed by atoms with E-state index in [-0.39, 0.29) is 28.2 Å². The molecule has 6 heteroatoms. The minimum Gasteiger partial charge on any atom is -0.377 e. The average molecular weight is 291 g/mol. The monoisotopic (exact) mass is 291 g/mol. The molecule has 6 nitrogen and oxygen atoms in total. The van der Waals surface area contributed by atoms with Gasteiger partial charge < -0.3 is 10.1 Å². The molecule has 2 heterocycles. The zero-order valence-corrected chi connectivity index (χ0v) is 12.8. The van der Waals surface area contributed by atoms with Crippen molar-refractivity contribution in [2.24, 2.45) is 11.3 Å². The van der Waals surface area contributed by atoms with Gasteiger partial charge in [-0.05, 0) is 26.3 Å². The van der Waals surface area contributed by atoms with Gasteiger partial charge in [-0.3, -0.25) is 10.1 Å². The van der Waals surface area contributed by atoms with Crippen molar-refractivity contribution in [3.63, 3.8) is 0 Å². The van der Waals surface area contributed by atoms with Crippen molar-refractivity contribution in [1.82, 2.24) is 4.98 Å². The van der Waals surface area contributed by atoms with Gasteiger partial charge in [0.2, 0.25) is 5.82 Å². The second kappa shape index (κ2) is 4.66. The molecule has 1 aliphatic carbocycles. The molecule has 3 unspecified atom stereocenters. The van der Waals surface area contributed by atoms with Crippen LogP contribution in [0.25, 0.3) is 0 Å². The van der Waals surface area contributed by atoms with Crippen molar-refractivity contribution in [2.75, 3.05) is 11.9 Å². The second-order valence-corrected chi connectivity index (χ2v) is 6.72. The molecule has 0 amide bonds. The second-order valence-electron chi connectivity index (χ2n) is 6.72. The Morgan fingerprint density at radius 3 is 2.86 bits per heavy atom. The Kier molecular flexibility index (Phi) is 3.16. The molecule has 2 fully saturated rings. The van der Waals surface area contributed by atoms with Gasteiger partial charge in [0, 0.05) is 35.2 Å². The first kappa shape index (κ1) is 14.3. The van der Waals surface area contributed by atoms with E-state index in [2.05, 4.69) is 24.1 Å². The molecule has 1 N–H and O–H groups in total. The Hall–Kier alpha value is -1.69. The molecular weight excluding hydrogens is 270 g/mol. The van der Waals surface area contributed by atoms with Crippen LogP contribution in [-0.4, -0.2) is 28.7 Å². The van der Waals surface area contributed by atoms with E-state index in [1.54, 1.807) is 13.0 Å². The SMILES string of the molecule is Cc1cc(C)c([N+](=O)[O-])c(NC2C3CCOC3C2(C)C)n1. The summed E-state index contributed by atoms with van der Waals surface area (Å²) in [7, 11) is 0. The van der Waals surface area contributed by atoms with Crippen molar-refractivity contribution < 1.29 is 9.66 Å². The van der Waals surface area contributed by atoms with Crippen molar-refractivity contribution >= 4 is 11.5 Å². The number of anilines is 1. The lowest BCUT2D eigenvalue weighted by atomic mass is 9.57. The standard InChI is InChI=1S/C15H21N3O3/c1-8-7-9(2)16-14(11(8)18(19)20)17-12-10-5-6-21-13(10)15(12,3)4/h7,10,12-13H,5-6H2,1-4H3,(H,16,17). The first-order valence-corrected chi connectivity index (χ1v) is 7.33. The predicted molar refractivity (Wildman–Crippen MR) is 79.4 cm³/mol. The number of hydrogen-bond acceptors (Lipinski definition) is 5. The number of aromatic nitrogens is 1. The van der Waals surface area contributed by atoms with E-state index >= 15 is 0 Å². The zero-order valence-electron chi connectivity index (χ0n) is 12.8. The van der Waals surface area contributed by atoms with Crippen LogP contribution in [0.3, 0.4) is 0 Å². The highest BCUT2D eigenvalue weighted by Gasteiger charge is 2.59. The third-order valence-electron chi connectivity index (χ3n) is 4.89. The third-order valence-corrected chi connectivity index (χ3v) is 4.89. The van der Waals surface area contributed by atoms with Gasteiger partial charge in [-0.1, -0.05) is 13.8 Å². The summed E-state index contributed by atoms with van der Waals surface area (Å²) in [4.78, 5) is 15.3. The molecule has 3 rings (SSSR count). The predicted octanol–water partition coefficient (Wildman–Crippen LogP) is 2.83. The van der Waals surface area contributed by atoms with E-state index in [4.69, 9.17) is 4.74 Å². The summed E-state index contributed by atoms with van der Waals surface area (Å²) >= 11 is 0. The number of fused-ring (bicyclic) bond motifs is 1. The smallest absolute Gasteiger partial charge is 0.314 e. The van der Waals surface area contributed by atoms with Crippen molar-refractivity contribution in [3.05, 3.63) is 27.4 Å². The number of aryl methyl sites for hydroxylation is 2. The number of pyridine rings is 1. The highest BCUT2D eigenvalue weighted by molar-refractivity contribution is 5.61. The maximum atomic E-state index is 11.3. The summed E-state index contributed by atoms with van der Waals surface area (Å²) in [5.74, 6) is 0.808. The summed E-state index contributed by atoms with van der Waals surface area (Å²) in [6.07, 6.45) is 1.25. The number of nitro groups is 1. The maximum Gasteiger partial charge on any atom is 0.314 e. The minimum absolute atomic E-state index is 0.0334. The highest BCUT2D eigenvalue weighted by Crippen LogP contribution is 2.53. The van der Waals surface area contributed by atoms with Crippen LogP contribution >= 0.6 is 0 Å². The fourth-order valence-electron chi connectivity index (χ4n) is 3.93. The van der Waals surface area contributed by atoms with E-state index in [9.17, 15) is 10.1 Å². The molecule has 1 aromatic rings. The Morgan fingerprint density at radius 2 is 2.19 bits per heavy atom. The lowest BCUT2D eigenvalue weighted by molar-refractivity contribution is -0.384. The van der Waals surface area contributed by atoms with Crippen molar-refractivity contribution in [1.29, 1.82) is 0 Å². The van der Waals surface area contributed by atoms with Gasteiger partial charge in [-0.15, -0.1) is 0 Å². The molecule has 0 spiro atoms. The summed E-state index contributed by atoms with van der Waals surface area (Å²) in [6.45, 7) is 8.68. The minimum atomic E-state index is -0.349. The fourth-order valence-corrected chi connectivity index (χ4v) is 3.93. The van der Waals surface area contributed by atoms with Gasteiger partial charge >= 0.3 is 5.69 Å². The van der Waals surface area contributed by atoms with Crippen LogP contribution in [0, 0.1) is 35.3 Å². The number of nitrogens with zero attached hydrogens (tertiary/aromatic N) is 2. The van der Waals surface area contributed by atoms with Gasteiger partial charge in [0.25, 0.3) is 0 Å². The Balaban J connectivity index is 1.93. The molecule has 0 radical (unpaired) electrons. The normalized spacial score (nSPS) is 29.6. The van der Waals surface area contributed by atoms with Crippen LogP contribution in [0.4, 0.5) is 11.5 Å². The topological polar surface area (TPSA) is 77.3 Å². The Labute approximate surface area is 124 Å². The lowest BCUT2D eigenvalue weighted by Crippen LogP contribution is -2.63. The molecule has 0 bridgehead atoms. The molecule has 114 valence electrons. The van der Waals surface area contributed by atoms with E-state index in [0.717, 1.165) is 18.7 Å². The Bertz CT molecular complexity index is 600. The summed E-state index contributed by atoms with van der Waals surface area (Å²) in [5.41, 5.74) is 1.48. The molecule has 1 saturated heterocycles. The molecule has 3 atom stereocenters. The molecular formula is C15H21N3O3. The number of ether oxygens (including phenoxy) is 1. The molecule has 2 aliphatic rings. The average Bonchev–Trinajstić information content (AvgIpc) is 2.81. The van der Waals surface area contributed by atoms with Gasteiger partial charge in [-0.2, -0.15) is 0 Å². The Morgan fingerprint density at radius 1 is 1.48 bits per heavy atom. The molecule has 21 heavy (non-hydrogen) atoms. The van der Waals surface area contributed by atoms with Gasteiger partial charge in [0.05, 0.1) is 11.0 Å². The van der Waals surface area contributed by atoms with E-state index in [0.29, 0.717) is 17.3 Å². The number of nitrogens with one attached hydrogen (secondary N) is 1. The summed E-state index contributed by atoms with van der Waals surface area (Å²) in [6, 6.07) is 1.91. The first-order chi connectivity index (χ1) is 9.82. The van der Waals surface area contributed by atoms with Crippen LogP contribution < -0.4 is 5.32 Å². The quantitative estimate of drug-likeness (QED) is 0.684. The van der Waals surface area contributed by atoms with Gasteiger partial charge in [0.15, 0.2) is 0 Å². The fraction of sp³-hybridized carbons (Fsp3) is 0.667. The number of hydrogen-bond donors (Lipinski definition) is 1. The van der Waals surface area contributed by atoms with Crippen LogP contribution in [0.5, 0.6) is 0 Å². The van der Waals surface area contributed by atoms with Gasteiger partial charge in [-0.25, -0.2) is 4.98 Å². The largest absolute Gasteiger partial charge is 0.377 e. The van der Waals surface area contributed by atoms with Gasteiger partial charge in [0.1, 0.15) is 0 Å². The van der Waals surface area contributed by atoms with Crippen molar-refractivity contribution in [3.8, 4) is 0 Å². The maximum absolute atomic E-state index is 11.3. The molecule has 1 aliphatic heterocycles.